The van der Waals surface area contributed by atoms with Crippen molar-refractivity contribution in [3.63, 3.8) is 0 Å². The second-order valence-corrected chi connectivity index (χ2v) is 6.47. The summed E-state index contributed by atoms with van der Waals surface area (Å²) in [6.45, 7) is 16.1. The lowest BCUT2D eigenvalue weighted by molar-refractivity contribution is 0.428. The van der Waals surface area contributed by atoms with Gasteiger partial charge in [-0.15, -0.1) is 30.6 Å². The quantitative estimate of drug-likeness (QED) is 0.185. The van der Waals surface area contributed by atoms with E-state index in [-0.39, 0.29) is 29.5 Å². The van der Waals surface area contributed by atoms with Crippen molar-refractivity contribution in [1.82, 2.24) is 15.5 Å². The van der Waals surface area contributed by atoms with Crippen molar-refractivity contribution < 1.29 is 0 Å². The smallest absolute Gasteiger partial charge is 0.193 e. The number of rotatable bonds is 10. The molecule has 2 N–H and O–H groups in total. The van der Waals surface area contributed by atoms with Gasteiger partial charge in [-0.25, -0.2) is 0 Å². The van der Waals surface area contributed by atoms with Crippen LogP contribution in [0.2, 0.25) is 0 Å². The van der Waals surface area contributed by atoms with Crippen LogP contribution >= 0.6 is 24.0 Å². The average molecular weight is 424 g/mol. The Balaban J connectivity index is 0. The van der Waals surface area contributed by atoms with E-state index in [2.05, 4.69) is 61.8 Å². The predicted molar refractivity (Wildman–Crippen MR) is 110 cm³/mol. The summed E-state index contributed by atoms with van der Waals surface area (Å²) in [5, 5.41) is 6.83. The largest absolute Gasteiger partial charge is 0.357 e. The minimum atomic E-state index is 0. The van der Waals surface area contributed by atoms with Gasteiger partial charge in [-0.2, -0.15) is 0 Å². The van der Waals surface area contributed by atoms with Gasteiger partial charge >= 0.3 is 0 Å². The molecule has 0 aromatic heterocycles. The van der Waals surface area contributed by atoms with Crippen molar-refractivity contribution in [1.29, 1.82) is 0 Å². The summed E-state index contributed by atoms with van der Waals surface area (Å²) in [5.41, 5.74) is 0.158. The molecule has 0 radical (unpaired) electrons. The van der Waals surface area contributed by atoms with E-state index in [9.17, 15) is 0 Å². The predicted octanol–water partition coefficient (Wildman–Crippen LogP) is 3.64. The fourth-order valence-corrected chi connectivity index (χ4v) is 1.98. The highest BCUT2D eigenvalue weighted by molar-refractivity contribution is 14.0. The van der Waals surface area contributed by atoms with Crippen molar-refractivity contribution in [2.45, 2.75) is 58.9 Å². The molecule has 0 aliphatic carbocycles. The molecule has 0 aliphatic heterocycles. The Kier molecular flexibility index (Phi) is 15.6. The van der Waals surface area contributed by atoms with E-state index in [1.54, 1.807) is 0 Å². The van der Waals surface area contributed by atoms with Crippen LogP contribution in [0.1, 0.15) is 53.4 Å². The lowest BCUT2D eigenvalue weighted by atomic mass is 10.1. The first-order valence-corrected chi connectivity index (χ1v) is 8.26. The maximum absolute atomic E-state index is 4.68. The summed E-state index contributed by atoms with van der Waals surface area (Å²) in [6, 6.07) is 0. The Hall–Kier alpha value is -0.300. The van der Waals surface area contributed by atoms with E-state index < -0.39 is 0 Å². The Morgan fingerprint density at radius 3 is 2.45 bits per heavy atom. The first kappa shape index (κ1) is 24.0. The molecule has 4 nitrogen and oxygen atoms in total. The summed E-state index contributed by atoms with van der Waals surface area (Å²) in [6.07, 6.45) is 6.81. The van der Waals surface area contributed by atoms with Gasteiger partial charge in [-0.1, -0.05) is 12.5 Å². The van der Waals surface area contributed by atoms with E-state index >= 15 is 0 Å². The second kappa shape index (κ2) is 14.3. The van der Waals surface area contributed by atoms with Gasteiger partial charge in [-0.3, -0.25) is 4.99 Å². The molecule has 0 aromatic carbocycles. The molecular formula is C17H37IN4. The third-order valence-corrected chi connectivity index (χ3v) is 3.13. The maximum Gasteiger partial charge on any atom is 0.193 e. The third kappa shape index (κ3) is 14.6. The first-order chi connectivity index (χ1) is 9.90. The molecule has 0 fully saturated rings. The maximum atomic E-state index is 4.68. The highest BCUT2D eigenvalue weighted by Crippen LogP contribution is 2.02. The van der Waals surface area contributed by atoms with Crippen LogP contribution in [0.5, 0.6) is 0 Å². The zero-order valence-corrected chi connectivity index (χ0v) is 17.6. The number of unbranched alkanes of at least 4 members (excludes halogenated alkanes) is 3. The zero-order valence-electron chi connectivity index (χ0n) is 15.2. The molecule has 0 atom stereocenters. The van der Waals surface area contributed by atoms with Crippen LogP contribution in [-0.2, 0) is 0 Å². The van der Waals surface area contributed by atoms with Crippen LogP contribution in [0.25, 0.3) is 0 Å². The van der Waals surface area contributed by atoms with Crippen LogP contribution in [0.4, 0.5) is 0 Å². The molecule has 0 aromatic rings. The van der Waals surface area contributed by atoms with Crippen molar-refractivity contribution in [3.8, 4) is 0 Å². The SMILES string of the molecule is C=CCCCCCN(C)C(=NCCNC(C)(C)C)NCC.I. The van der Waals surface area contributed by atoms with E-state index in [0.717, 1.165) is 38.6 Å². The van der Waals surface area contributed by atoms with Gasteiger partial charge in [0.05, 0.1) is 6.54 Å². The average Bonchev–Trinajstić information content (AvgIpc) is 2.40. The number of halogens is 1. The van der Waals surface area contributed by atoms with Crippen LogP contribution in [0, 0.1) is 0 Å². The zero-order chi connectivity index (χ0) is 16.1. The van der Waals surface area contributed by atoms with Crippen LogP contribution < -0.4 is 10.6 Å². The molecular weight excluding hydrogens is 387 g/mol. The highest BCUT2D eigenvalue weighted by Gasteiger charge is 2.08. The summed E-state index contributed by atoms with van der Waals surface area (Å²) in [7, 11) is 2.12. The highest BCUT2D eigenvalue weighted by atomic mass is 127. The lowest BCUT2D eigenvalue weighted by Gasteiger charge is -2.23. The van der Waals surface area contributed by atoms with Crippen molar-refractivity contribution >= 4 is 29.9 Å². The molecule has 0 saturated carbocycles. The third-order valence-electron chi connectivity index (χ3n) is 3.13. The first-order valence-electron chi connectivity index (χ1n) is 8.26. The van der Waals surface area contributed by atoms with Crippen LogP contribution in [0.15, 0.2) is 17.6 Å². The molecule has 0 rings (SSSR count). The molecule has 22 heavy (non-hydrogen) atoms. The molecule has 0 heterocycles. The normalized spacial score (nSPS) is 11.8. The van der Waals surface area contributed by atoms with Gasteiger partial charge in [0.1, 0.15) is 0 Å². The lowest BCUT2D eigenvalue weighted by Crippen LogP contribution is -2.41. The van der Waals surface area contributed by atoms with Crippen LogP contribution in [0.3, 0.4) is 0 Å². The van der Waals surface area contributed by atoms with Gasteiger partial charge in [0.25, 0.3) is 0 Å². The molecule has 5 heteroatoms. The van der Waals surface area contributed by atoms with Gasteiger partial charge in [0, 0.05) is 32.2 Å². The molecule has 0 spiro atoms. The number of hydrogen-bond acceptors (Lipinski definition) is 2. The molecule has 0 bridgehead atoms. The Labute approximate surface area is 155 Å². The van der Waals surface area contributed by atoms with E-state index in [0.29, 0.717) is 0 Å². The monoisotopic (exact) mass is 424 g/mol. The summed E-state index contributed by atoms with van der Waals surface area (Å²) < 4.78 is 0. The number of nitrogens with zero attached hydrogens (tertiary/aromatic N) is 2. The Morgan fingerprint density at radius 2 is 1.91 bits per heavy atom. The molecule has 0 amide bonds. The van der Waals surface area contributed by atoms with E-state index in [1.165, 1.54) is 19.3 Å². The summed E-state index contributed by atoms with van der Waals surface area (Å²) in [5.74, 6) is 1.01. The number of allylic oxidation sites excluding steroid dienone is 1. The van der Waals surface area contributed by atoms with E-state index in [1.807, 2.05) is 6.08 Å². The molecule has 132 valence electrons. The van der Waals surface area contributed by atoms with Gasteiger partial charge in [0.2, 0.25) is 0 Å². The van der Waals surface area contributed by atoms with Crippen molar-refractivity contribution in [3.05, 3.63) is 12.7 Å². The minimum absolute atomic E-state index is 0. The summed E-state index contributed by atoms with van der Waals surface area (Å²) >= 11 is 0. The number of nitrogens with one attached hydrogen (secondary N) is 2. The number of guanidine groups is 1. The topological polar surface area (TPSA) is 39.7 Å². The standard InChI is InChI=1S/C17H36N4.HI/c1-7-9-10-11-12-15-21(6)16(18-8-2)19-13-14-20-17(3,4)5;/h7,20H,1,8-15H2,2-6H3,(H,18,19);1H. The number of hydrogen-bond donors (Lipinski definition) is 2. The minimum Gasteiger partial charge on any atom is -0.357 e. The molecule has 0 saturated heterocycles. The fourth-order valence-electron chi connectivity index (χ4n) is 1.98. The summed E-state index contributed by atoms with van der Waals surface area (Å²) in [4.78, 5) is 6.91. The second-order valence-electron chi connectivity index (χ2n) is 6.47. The molecule has 0 unspecified atom stereocenters. The van der Waals surface area contributed by atoms with Crippen molar-refractivity contribution in [2.24, 2.45) is 4.99 Å². The Bertz CT molecular complexity index is 298. The van der Waals surface area contributed by atoms with Gasteiger partial charge in [0.15, 0.2) is 5.96 Å². The number of aliphatic imine (C=N–C) groups is 1. The van der Waals surface area contributed by atoms with Gasteiger partial charge < -0.3 is 15.5 Å². The van der Waals surface area contributed by atoms with Crippen molar-refractivity contribution in [2.75, 3.05) is 33.2 Å². The fraction of sp³-hybridized carbons (Fsp3) is 0.824. The van der Waals surface area contributed by atoms with E-state index in [4.69, 9.17) is 0 Å². The molecule has 0 aliphatic rings. The van der Waals surface area contributed by atoms with Crippen LogP contribution in [-0.4, -0.2) is 49.6 Å². The van der Waals surface area contributed by atoms with Gasteiger partial charge in [-0.05, 0) is 47.0 Å². The Morgan fingerprint density at radius 1 is 1.23 bits per heavy atom.